The van der Waals surface area contributed by atoms with Crippen LogP contribution in [0.1, 0.15) is 30.5 Å². The van der Waals surface area contributed by atoms with E-state index in [-0.39, 0.29) is 11.9 Å². The van der Waals surface area contributed by atoms with Gasteiger partial charge in [-0.25, -0.2) is 4.39 Å². The van der Waals surface area contributed by atoms with Gasteiger partial charge in [0, 0.05) is 25.6 Å². The minimum atomic E-state index is -0.179. The van der Waals surface area contributed by atoms with Crippen LogP contribution in [0.15, 0.2) is 18.2 Å². The summed E-state index contributed by atoms with van der Waals surface area (Å²) in [7, 11) is 0. The summed E-state index contributed by atoms with van der Waals surface area (Å²) < 4.78 is 13.1. The fourth-order valence-corrected chi connectivity index (χ4v) is 1.66. The van der Waals surface area contributed by atoms with Gasteiger partial charge >= 0.3 is 0 Å². The molecule has 0 aromatic heterocycles. The summed E-state index contributed by atoms with van der Waals surface area (Å²) in [5, 5.41) is 3.32. The molecule has 92 valence electrons. The third-order valence-corrected chi connectivity index (χ3v) is 2.64. The highest BCUT2D eigenvalue weighted by Crippen LogP contribution is 2.15. The van der Waals surface area contributed by atoms with Gasteiger partial charge in [0.25, 0.3) is 0 Å². The highest BCUT2D eigenvalue weighted by molar-refractivity contribution is 5.26. The van der Waals surface area contributed by atoms with Gasteiger partial charge in [-0.05, 0) is 31.0 Å². The van der Waals surface area contributed by atoms with Crippen LogP contribution in [0.25, 0.3) is 0 Å². The molecule has 0 spiro atoms. The molecule has 1 rings (SSSR count). The van der Waals surface area contributed by atoms with E-state index in [1.807, 2.05) is 13.0 Å². The second-order valence-electron chi connectivity index (χ2n) is 3.93. The van der Waals surface area contributed by atoms with Crippen molar-refractivity contribution in [3.8, 4) is 11.8 Å². The first-order chi connectivity index (χ1) is 8.19. The molecule has 0 fully saturated rings. The zero-order chi connectivity index (χ0) is 12.7. The zero-order valence-corrected chi connectivity index (χ0v) is 10.4. The first-order valence-electron chi connectivity index (χ1n) is 5.78. The van der Waals surface area contributed by atoms with Gasteiger partial charge in [-0.2, -0.15) is 0 Å². The smallest absolute Gasteiger partial charge is 0.126 e. The maximum absolute atomic E-state index is 13.1. The number of nitrogens with one attached hydrogen (secondary N) is 1. The van der Waals surface area contributed by atoms with Crippen molar-refractivity contribution in [1.82, 2.24) is 5.32 Å². The summed E-state index contributed by atoms with van der Waals surface area (Å²) in [6.45, 7) is 4.86. The Labute approximate surface area is 102 Å². The van der Waals surface area contributed by atoms with Crippen LogP contribution in [-0.4, -0.2) is 13.1 Å². The summed E-state index contributed by atoms with van der Waals surface area (Å²) in [6.07, 6.45) is 0.799. The second-order valence-corrected chi connectivity index (χ2v) is 3.93. The number of halogens is 1. The van der Waals surface area contributed by atoms with E-state index in [0.29, 0.717) is 12.1 Å². The molecule has 0 aliphatic carbocycles. The molecule has 1 unspecified atom stereocenters. The Hall–Kier alpha value is -1.37. The van der Waals surface area contributed by atoms with Crippen LogP contribution in [-0.2, 0) is 0 Å². The SMILES string of the molecule is CC#CCCNC(CN)c1ccc(F)c(C)c1. The van der Waals surface area contributed by atoms with E-state index >= 15 is 0 Å². The highest BCUT2D eigenvalue weighted by atomic mass is 19.1. The number of benzene rings is 1. The van der Waals surface area contributed by atoms with Gasteiger partial charge in [0.1, 0.15) is 5.82 Å². The normalized spacial score (nSPS) is 11.8. The van der Waals surface area contributed by atoms with Crippen molar-refractivity contribution in [2.45, 2.75) is 26.3 Å². The first kappa shape index (κ1) is 13.7. The summed E-state index contributed by atoms with van der Waals surface area (Å²) in [4.78, 5) is 0. The second kappa shape index (κ2) is 7.05. The van der Waals surface area contributed by atoms with Crippen molar-refractivity contribution in [2.24, 2.45) is 5.73 Å². The number of nitrogens with two attached hydrogens (primary N) is 1. The molecule has 0 saturated carbocycles. The van der Waals surface area contributed by atoms with E-state index in [1.165, 1.54) is 6.07 Å². The van der Waals surface area contributed by atoms with Gasteiger partial charge < -0.3 is 11.1 Å². The largest absolute Gasteiger partial charge is 0.329 e. The van der Waals surface area contributed by atoms with Crippen molar-refractivity contribution in [1.29, 1.82) is 0 Å². The molecule has 0 bridgehead atoms. The number of aryl methyl sites for hydroxylation is 1. The van der Waals surface area contributed by atoms with Crippen molar-refractivity contribution in [3.05, 3.63) is 35.1 Å². The maximum atomic E-state index is 13.1. The Kier molecular flexibility index (Phi) is 5.68. The van der Waals surface area contributed by atoms with E-state index in [0.717, 1.165) is 18.5 Å². The van der Waals surface area contributed by atoms with Crippen LogP contribution in [0, 0.1) is 24.6 Å². The van der Waals surface area contributed by atoms with Crippen LogP contribution < -0.4 is 11.1 Å². The molecule has 0 aliphatic heterocycles. The molecule has 0 saturated heterocycles. The van der Waals surface area contributed by atoms with Crippen molar-refractivity contribution in [2.75, 3.05) is 13.1 Å². The molecule has 1 aromatic rings. The molecule has 1 atom stereocenters. The van der Waals surface area contributed by atoms with Gasteiger partial charge in [-0.1, -0.05) is 12.1 Å². The first-order valence-corrected chi connectivity index (χ1v) is 5.78. The highest BCUT2D eigenvalue weighted by Gasteiger charge is 2.09. The van der Waals surface area contributed by atoms with E-state index in [9.17, 15) is 4.39 Å². The standard InChI is InChI=1S/C14H19FN2/c1-3-4-5-8-17-14(10-16)12-6-7-13(15)11(2)9-12/h6-7,9,14,17H,5,8,10,16H2,1-2H3. The average molecular weight is 234 g/mol. The predicted octanol–water partition coefficient (Wildman–Crippen LogP) is 2.14. The molecule has 0 amide bonds. The molecule has 0 aliphatic rings. The van der Waals surface area contributed by atoms with Crippen molar-refractivity contribution in [3.63, 3.8) is 0 Å². The van der Waals surface area contributed by atoms with Crippen LogP contribution in [0.2, 0.25) is 0 Å². The molecular weight excluding hydrogens is 215 g/mol. The van der Waals surface area contributed by atoms with Gasteiger partial charge in [-0.15, -0.1) is 11.8 Å². The van der Waals surface area contributed by atoms with Gasteiger partial charge in [-0.3, -0.25) is 0 Å². The van der Waals surface area contributed by atoms with Gasteiger partial charge in [0.2, 0.25) is 0 Å². The number of rotatable bonds is 5. The fourth-order valence-electron chi connectivity index (χ4n) is 1.66. The number of hydrogen-bond acceptors (Lipinski definition) is 2. The van der Waals surface area contributed by atoms with Crippen LogP contribution in [0.3, 0.4) is 0 Å². The van der Waals surface area contributed by atoms with Crippen LogP contribution >= 0.6 is 0 Å². The fraction of sp³-hybridized carbons (Fsp3) is 0.429. The van der Waals surface area contributed by atoms with Gasteiger partial charge in [0.05, 0.1) is 0 Å². The Morgan fingerprint density at radius 3 is 2.82 bits per heavy atom. The Morgan fingerprint density at radius 2 is 2.24 bits per heavy atom. The molecule has 2 nitrogen and oxygen atoms in total. The molecule has 3 heteroatoms. The molecule has 0 heterocycles. The topological polar surface area (TPSA) is 38.0 Å². The Bertz CT molecular complexity index is 418. The molecule has 1 aromatic carbocycles. The van der Waals surface area contributed by atoms with Crippen molar-refractivity contribution < 1.29 is 4.39 Å². The average Bonchev–Trinajstić information content (AvgIpc) is 2.33. The lowest BCUT2D eigenvalue weighted by atomic mass is 10.0. The lowest BCUT2D eigenvalue weighted by Crippen LogP contribution is -2.29. The summed E-state index contributed by atoms with van der Waals surface area (Å²) in [5.74, 6) is 5.65. The Balaban J connectivity index is 2.64. The Morgan fingerprint density at radius 1 is 1.47 bits per heavy atom. The third kappa shape index (κ3) is 4.18. The van der Waals surface area contributed by atoms with Crippen LogP contribution in [0.4, 0.5) is 4.39 Å². The lowest BCUT2D eigenvalue weighted by Gasteiger charge is -2.17. The zero-order valence-electron chi connectivity index (χ0n) is 10.4. The summed E-state index contributed by atoms with van der Waals surface area (Å²) in [6, 6.07) is 5.16. The monoisotopic (exact) mass is 234 g/mol. The third-order valence-electron chi connectivity index (χ3n) is 2.64. The van der Waals surface area contributed by atoms with E-state index in [2.05, 4.69) is 17.2 Å². The van der Waals surface area contributed by atoms with Crippen molar-refractivity contribution >= 4 is 0 Å². The van der Waals surface area contributed by atoms with E-state index < -0.39 is 0 Å². The maximum Gasteiger partial charge on any atom is 0.126 e. The minimum absolute atomic E-state index is 0.0629. The minimum Gasteiger partial charge on any atom is -0.329 e. The summed E-state index contributed by atoms with van der Waals surface area (Å²) in [5.41, 5.74) is 7.39. The molecule has 3 N–H and O–H groups in total. The summed E-state index contributed by atoms with van der Waals surface area (Å²) >= 11 is 0. The molecule has 17 heavy (non-hydrogen) atoms. The predicted molar refractivity (Wildman–Crippen MR) is 69.0 cm³/mol. The number of hydrogen-bond donors (Lipinski definition) is 2. The quantitative estimate of drug-likeness (QED) is 0.605. The van der Waals surface area contributed by atoms with E-state index in [4.69, 9.17) is 5.73 Å². The lowest BCUT2D eigenvalue weighted by molar-refractivity contribution is 0.547. The molecule has 0 radical (unpaired) electrons. The van der Waals surface area contributed by atoms with E-state index in [1.54, 1.807) is 13.0 Å². The van der Waals surface area contributed by atoms with Gasteiger partial charge in [0.15, 0.2) is 0 Å². The van der Waals surface area contributed by atoms with Crippen LogP contribution in [0.5, 0.6) is 0 Å². The molecular formula is C14H19FN2.